The Hall–Kier alpha value is -1.85. The van der Waals surface area contributed by atoms with Crippen molar-refractivity contribution in [2.45, 2.75) is 31.7 Å². The number of carboxylic acids is 1. The minimum atomic E-state index is -0.740. The van der Waals surface area contributed by atoms with Gasteiger partial charge in [-0.15, -0.1) is 0 Å². The zero-order valence-corrected chi connectivity index (χ0v) is 9.35. The lowest BCUT2D eigenvalue weighted by Crippen LogP contribution is -2.31. The fourth-order valence-corrected chi connectivity index (χ4v) is 2.20. The molecule has 0 aliphatic heterocycles. The lowest BCUT2D eigenvalue weighted by atomic mass is 9.86. The van der Waals surface area contributed by atoms with Crippen molar-refractivity contribution in [1.82, 2.24) is 9.97 Å². The fraction of sp³-hybridized carbons (Fsp3) is 0.545. The number of hydrogen-bond acceptors (Lipinski definition) is 4. The molecule has 2 rings (SSSR count). The normalized spacial score (nSPS) is 24.2. The molecule has 1 saturated carbocycles. The van der Waals surface area contributed by atoms with Gasteiger partial charge in [-0.1, -0.05) is 6.42 Å². The molecule has 0 aromatic carbocycles. The van der Waals surface area contributed by atoms with Gasteiger partial charge in [-0.2, -0.15) is 0 Å². The van der Waals surface area contributed by atoms with E-state index < -0.39 is 5.97 Å². The minimum absolute atomic E-state index is 0.0825. The van der Waals surface area contributed by atoms with Gasteiger partial charge < -0.3 is 15.4 Å². The third-order valence-electron chi connectivity index (χ3n) is 3.05. The van der Waals surface area contributed by atoms with Gasteiger partial charge >= 0.3 is 5.97 Å². The second kappa shape index (κ2) is 4.99. The number of aliphatic carboxylic acids is 1. The molecule has 0 radical (unpaired) electrons. The molecular formula is C11H15N3O3. The molecule has 6 nitrogen and oxygen atoms in total. The maximum atomic E-state index is 11.1. The largest absolute Gasteiger partial charge is 0.481 e. The highest BCUT2D eigenvalue weighted by Gasteiger charge is 2.26. The number of carboxylic acid groups (broad SMARTS) is 1. The Bertz CT molecular complexity index is 457. The summed E-state index contributed by atoms with van der Waals surface area (Å²) in [5.41, 5.74) is -0.215. The lowest BCUT2D eigenvalue weighted by molar-refractivity contribution is -0.142. The molecule has 0 bridgehead atoms. The van der Waals surface area contributed by atoms with Crippen LogP contribution in [0.4, 0.5) is 5.82 Å². The van der Waals surface area contributed by atoms with E-state index >= 15 is 0 Å². The van der Waals surface area contributed by atoms with E-state index in [2.05, 4.69) is 15.3 Å². The first kappa shape index (κ1) is 11.6. The van der Waals surface area contributed by atoms with Crippen molar-refractivity contribution in [3.8, 4) is 0 Å². The van der Waals surface area contributed by atoms with Crippen molar-refractivity contribution < 1.29 is 9.90 Å². The zero-order valence-electron chi connectivity index (χ0n) is 9.35. The van der Waals surface area contributed by atoms with Gasteiger partial charge in [-0.05, 0) is 19.3 Å². The van der Waals surface area contributed by atoms with Crippen molar-refractivity contribution in [3.63, 3.8) is 0 Å². The molecule has 1 heterocycles. The molecule has 1 aliphatic carbocycles. The lowest BCUT2D eigenvalue weighted by Gasteiger charge is -2.27. The maximum absolute atomic E-state index is 11.1. The van der Waals surface area contributed by atoms with Gasteiger partial charge in [0, 0.05) is 12.1 Å². The van der Waals surface area contributed by atoms with Crippen molar-refractivity contribution in [2.24, 2.45) is 5.92 Å². The minimum Gasteiger partial charge on any atom is -0.481 e. The van der Waals surface area contributed by atoms with Crippen LogP contribution in [-0.4, -0.2) is 27.1 Å². The summed E-state index contributed by atoms with van der Waals surface area (Å²) in [6, 6.07) is 1.46. The molecule has 3 N–H and O–H groups in total. The Labute approximate surface area is 98.1 Å². The summed E-state index contributed by atoms with van der Waals surface area (Å²) in [4.78, 5) is 28.4. The molecule has 2 unspecified atom stereocenters. The van der Waals surface area contributed by atoms with Gasteiger partial charge in [0.15, 0.2) is 0 Å². The number of rotatable bonds is 3. The highest BCUT2D eigenvalue weighted by Crippen LogP contribution is 2.26. The molecule has 1 aromatic heterocycles. The van der Waals surface area contributed by atoms with E-state index in [1.807, 2.05) is 0 Å². The number of nitrogens with zero attached hydrogens (tertiary/aromatic N) is 1. The number of anilines is 1. The van der Waals surface area contributed by atoms with Crippen LogP contribution in [0.2, 0.25) is 0 Å². The smallest absolute Gasteiger partial charge is 0.306 e. The zero-order chi connectivity index (χ0) is 12.3. The average molecular weight is 237 g/mol. The van der Waals surface area contributed by atoms with E-state index in [0.29, 0.717) is 12.2 Å². The van der Waals surface area contributed by atoms with E-state index in [0.717, 1.165) is 19.3 Å². The van der Waals surface area contributed by atoms with Crippen LogP contribution in [0.1, 0.15) is 25.7 Å². The van der Waals surface area contributed by atoms with Crippen molar-refractivity contribution >= 4 is 11.8 Å². The predicted molar refractivity (Wildman–Crippen MR) is 61.9 cm³/mol. The van der Waals surface area contributed by atoms with Gasteiger partial charge in [0.25, 0.3) is 5.56 Å². The second-order valence-corrected chi connectivity index (χ2v) is 4.34. The molecule has 17 heavy (non-hydrogen) atoms. The number of H-pyrrole nitrogens is 1. The van der Waals surface area contributed by atoms with Crippen LogP contribution in [0, 0.1) is 5.92 Å². The van der Waals surface area contributed by atoms with Gasteiger partial charge in [-0.3, -0.25) is 9.59 Å². The van der Waals surface area contributed by atoms with Gasteiger partial charge in [0.2, 0.25) is 0 Å². The molecule has 92 valence electrons. The number of aromatic nitrogens is 2. The van der Waals surface area contributed by atoms with Crippen LogP contribution in [0.5, 0.6) is 0 Å². The van der Waals surface area contributed by atoms with Gasteiger partial charge in [-0.25, -0.2) is 4.98 Å². The van der Waals surface area contributed by atoms with E-state index in [1.54, 1.807) is 0 Å². The monoisotopic (exact) mass is 237 g/mol. The Balaban J connectivity index is 1.99. The first-order valence-electron chi connectivity index (χ1n) is 5.69. The average Bonchev–Trinajstić information content (AvgIpc) is 2.29. The summed E-state index contributed by atoms with van der Waals surface area (Å²) < 4.78 is 0. The van der Waals surface area contributed by atoms with E-state index in [4.69, 9.17) is 5.11 Å². The Morgan fingerprint density at radius 2 is 2.35 bits per heavy atom. The number of nitrogens with one attached hydrogen (secondary N) is 2. The van der Waals surface area contributed by atoms with Gasteiger partial charge in [0.1, 0.15) is 5.82 Å². The van der Waals surface area contributed by atoms with E-state index in [-0.39, 0.29) is 17.5 Å². The van der Waals surface area contributed by atoms with Crippen LogP contribution in [-0.2, 0) is 4.79 Å². The summed E-state index contributed by atoms with van der Waals surface area (Å²) in [7, 11) is 0. The molecule has 1 aliphatic rings. The SMILES string of the molecule is O=C(O)C1CCCC(Nc2cc(=O)[nH]cn2)C1. The second-order valence-electron chi connectivity index (χ2n) is 4.34. The molecular weight excluding hydrogens is 222 g/mol. The van der Waals surface area contributed by atoms with Crippen LogP contribution in [0.15, 0.2) is 17.2 Å². The summed E-state index contributed by atoms with van der Waals surface area (Å²) in [6.45, 7) is 0. The summed E-state index contributed by atoms with van der Waals surface area (Å²) in [5.74, 6) is -0.525. The van der Waals surface area contributed by atoms with Crippen molar-refractivity contribution in [2.75, 3.05) is 5.32 Å². The third-order valence-corrected chi connectivity index (χ3v) is 3.05. The predicted octanol–water partition coefficient (Wildman–Crippen LogP) is 0.825. The molecule has 0 saturated heterocycles. The van der Waals surface area contributed by atoms with Crippen LogP contribution in [0.25, 0.3) is 0 Å². The molecule has 1 fully saturated rings. The first-order valence-corrected chi connectivity index (χ1v) is 5.69. The summed E-state index contributed by atoms with van der Waals surface area (Å²) in [5, 5.41) is 12.1. The highest BCUT2D eigenvalue weighted by molar-refractivity contribution is 5.70. The van der Waals surface area contributed by atoms with Crippen LogP contribution >= 0.6 is 0 Å². The van der Waals surface area contributed by atoms with Gasteiger partial charge in [0.05, 0.1) is 12.2 Å². The summed E-state index contributed by atoms with van der Waals surface area (Å²) in [6.07, 6.45) is 4.46. The highest BCUT2D eigenvalue weighted by atomic mass is 16.4. The topological polar surface area (TPSA) is 95.1 Å². The molecule has 6 heteroatoms. The van der Waals surface area contributed by atoms with Crippen LogP contribution < -0.4 is 10.9 Å². The third kappa shape index (κ3) is 3.05. The Morgan fingerprint density at radius 1 is 1.53 bits per heavy atom. The molecule has 1 aromatic rings. The quantitative estimate of drug-likeness (QED) is 0.723. The maximum Gasteiger partial charge on any atom is 0.306 e. The molecule has 0 spiro atoms. The molecule has 0 amide bonds. The van der Waals surface area contributed by atoms with Crippen LogP contribution in [0.3, 0.4) is 0 Å². The number of hydrogen-bond donors (Lipinski definition) is 3. The standard InChI is InChI=1S/C11H15N3O3/c15-10-5-9(12-6-13-10)14-8-3-1-2-7(4-8)11(16)17/h5-8H,1-4H2,(H,16,17)(H2,12,13,14,15). The number of carbonyl (C=O) groups is 1. The fourth-order valence-electron chi connectivity index (χ4n) is 2.20. The van der Waals surface area contributed by atoms with E-state index in [9.17, 15) is 9.59 Å². The first-order chi connectivity index (χ1) is 8.15. The van der Waals surface area contributed by atoms with Crippen molar-refractivity contribution in [3.05, 3.63) is 22.7 Å². The summed E-state index contributed by atoms with van der Waals surface area (Å²) >= 11 is 0. The molecule has 2 atom stereocenters. The van der Waals surface area contributed by atoms with Crippen molar-refractivity contribution in [1.29, 1.82) is 0 Å². The van der Waals surface area contributed by atoms with E-state index in [1.165, 1.54) is 12.4 Å². The Morgan fingerprint density at radius 3 is 3.06 bits per heavy atom. The number of aromatic amines is 1. The Kier molecular flexibility index (Phi) is 3.41.